The minimum Gasteiger partial charge on any atom is -0.397 e. The number of aryl methyl sites for hydroxylation is 1. The molecule has 20 heavy (non-hydrogen) atoms. The Balaban J connectivity index is 1.89. The highest BCUT2D eigenvalue weighted by atomic mass is 16.2. The zero-order valence-corrected chi connectivity index (χ0v) is 12.7. The highest BCUT2D eigenvalue weighted by Crippen LogP contribution is 2.27. The molecule has 112 valence electrons. The molecule has 1 amide bonds. The van der Waals surface area contributed by atoms with E-state index in [2.05, 4.69) is 12.2 Å². The Morgan fingerprint density at radius 1 is 1.35 bits per heavy atom. The van der Waals surface area contributed by atoms with Crippen molar-refractivity contribution in [1.29, 1.82) is 0 Å². The normalized spacial score (nSPS) is 22.7. The van der Waals surface area contributed by atoms with Gasteiger partial charge in [0, 0.05) is 18.8 Å². The summed E-state index contributed by atoms with van der Waals surface area (Å²) in [5.41, 5.74) is 7.11. The molecule has 1 aliphatic carbocycles. The topological polar surface area (TPSA) is 60.1 Å². The Morgan fingerprint density at radius 3 is 2.65 bits per heavy atom. The van der Waals surface area contributed by atoms with E-state index < -0.39 is 0 Å². The van der Waals surface area contributed by atoms with Gasteiger partial charge < -0.3 is 15.6 Å². The monoisotopic (exact) mass is 277 g/mol. The lowest BCUT2D eigenvalue weighted by Gasteiger charge is -2.29. The van der Waals surface area contributed by atoms with E-state index in [9.17, 15) is 4.79 Å². The first-order chi connectivity index (χ1) is 9.63. The SMILES string of the molecule is CCCC1CCC(NC(=O)c2cc(N)cn2CC)CC1. The highest BCUT2D eigenvalue weighted by molar-refractivity contribution is 5.94. The molecule has 4 heteroatoms. The Labute approximate surface area is 121 Å². The van der Waals surface area contributed by atoms with Gasteiger partial charge in [0.1, 0.15) is 5.69 Å². The van der Waals surface area contributed by atoms with E-state index in [0.29, 0.717) is 17.4 Å². The first-order valence-electron chi connectivity index (χ1n) is 7.90. The number of anilines is 1. The van der Waals surface area contributed by atoms with E-state index in [1.165, 1.54) is 25.7 Å². The van der Waals surface area contributed by atoms with Gasteiger partial charge in [-0.1, -0.05) is 19.8 Å². The third-order valence-corrected chi connectivity index (χ3v) is 4.37. The van der Waals surface area contributed by atoms with E-state index in [1.54, 1.807) is 6.07 Å². The Hall–Kier alpha value is -1.45. The number of nitrogen functional groups attached to an aromatic ring is 1. The summed E-state index contributed by atoms with van der Waals surface area (Å²) >= 11 is 0. The number of nitrogens with one attached hydrogen (secondary N) is 1. The van der Waals surface area contributed by atoms with Crippen LogP contribution in [0.2, 0.25) is 0 Å². The van der Waals surface area contributed by atoms with E-state index in [1.807, 2.05) is 17.7 Å². The van der Waals surface area contributed by atoms with Crippen LogP contribution in [-0.4, -0.2) is 16.5 Å². The van der Waals surface area contributed by atoms with Crippen molar-refractivity contribution in [2.45, 2.75) is 65.0 Å². The molecule has 1 heterocycles. The fraction of sp³-hybridized carbons (Fsp3) is 0.688. The molecule has 2 rings (SSSR count). The van der Waals surface area contributed by atoms with E-state index in [-0.39, 0.29) is 5.91 Å². The molecule has 0 aromatic carbocycles. The number of rotatable bonds is 5. The summed E-state index contributed by atoms with van der Waals surface area (Å²) in [5.74, 6) is 0.880. The van der Waals surface area contributed by atoms with Gasteiger partial charge in [-0.15, -0.1) is 0 Å². The molecule has 4 nitrogen and oxygen atoms in total. The summed E-state index contributed by atoms with van der Waals surface area (Å²) in [6, 6.07) is 2.10. The van der Waals surface area contributed by atoms with Crippen molar-refractivity contribution in [2.75, 3.05) is 5.73 Å². The number of nitrogens with two attached hydrogens (primary N) is 1. The summed E-state index contributed by atoms with van der Waals surface area (Å²) in [7, 11) is 0. The van der Waals surface area contributed by atoms with Crippen LogP contribution in [0, 0.1) is 5.92 Å². The molecular weight excluding hydrogens is 250 g/mol. The summed E-state index contributed by atoms with van der Waals surface area (Å²) in [6.45, 7) is 5.03. The van der Waals surface area contributed by atoms with Crippen LogP contribution < -0.4 is 11.1 Å². The molecule has 0 atom stereocenters. The zero-order chi connectivity index (χ0) is 14.5. The van der Waals surface area contributed by atoms with Gasteiger partial charge in [0.15, 0.2) is 0 Å². The van der Waals surface area contributed by atoms with Crippen molar-refractivity contribution in [3.63, 3.8) is 0 Å². The minimum absolute atomic E-state index is 0.0162. The lowest BCUT2D eigenvalue weighted by molar-refractivity contribution is 0.0912. The molecule has 1 aliphatic rings. The fourth-order valence-corrected chi connectivity index (χ4v) is 3.25. The molecule has 0 radical (unpaired) electrons. The van der Waals surface area contributed by atoms with Crippen molar-refractivity contribution < 1.29 is 4.79 Å². The second kappa shape index (κ2) is 6.82. The van der Waals surface area contributed by atoms with Crippen LogP contribution in [0.15, 0.2) is 12.3 Å². The van der Waals surface area contributed by atoms with E-state index in [4.69, 9.17) is 5.73 Å². The van der Waals surface area contributed by atoms with Crippen LogP contribution in [0.25, 0.3) is 0 Å². The Kier molecular flexibility index (Phi) is 5.10. The lowest BCUT2D eigenvalue weighted by Crippen LogP contribution is -2.38. The smallest absolute Gasteiger partial charge is 0.268 e. The van der Waals surface area contributed by atoms with Gasteiger partial charge in [0.25, 0.3) is 5.91 Å². The number of hydrogen-bond donors (Lipinski definition) is 2. The van der Waals surface area contributed by atoms with Crippen molar-refractivity contribution in [3.05, 3.63) is 18.0 Å². The van der Waals surface area contributed by atoms with Gasteiger partial charge in [-0.2, -0.15) is 0 Å². The molecule has 1 saturated carbocycles. The van der Waals surface area contributed by atoms with Crippen molar-refractivity contribution >= 4 is 11.6 Å². The average molecular weight is 277 g/mol. The summed E-state index contributed by atoms with van der Waals surface area (Å²) < 4.78 is 1.91. The average Bonchev–Trinajstić information content (AvgIpc) is 2.82. The summed E-state index contributed by atoms with van der Waals surface area (Å²) in [5, 5.41) is 3.17. The van der Waals surface area contributed by atoms with Crippen molar-refractivity contribution in [2.24, 2.45) is 5.92 Å². The van der Waals surface area contributed by atoms with Gasteiger partial charge in [0.2, 0.25) is 0 Å². The predicted octanol–water partition coefficient (Wildman–Crippen LogP) is 3.18. The molecule has 0 unspecified atom stereocenters. The molecule has 3 N–H and O–H groups in total. The molecule has 1 fully saturated rings. The van der Waals surface area contributed by atoms with Gasteiger partial charge in [0.05, 0.1) is 5.69 Å². The fourth-order valence-electron chi connectivity index (χ4n) is 3.25. The summed E-state index contributed by atoms with van der Waals surface area (Å²) in [6.07, 6.45) is 9.14. The predicted molar refractivity (Wildman–Crippen MR) is 82.6 cm³/mol. The quantitative estimate of drug-likeness (QED) is 0.868. The van der Waals surface area contributed by atoms with Crippen LogP contribution in [0.5, 0.6) is 0 Å². The first kappa shape index (κ1) is 14.9. The zero-order valence-electron chi connectivity index (χ0n) is 12.7. The van der Waals surface area contributed by atoms with Gasteiger partial charge in [-0.25, -0.2) is 0 Å². The maximum absolute atomic E-state index is 12.3. The number of carbonyl (C=O) groups is 1. The van der Waals surface area contributed by atoms with Crippen LogP contribution in [-0.2, 0) is 6.54 Å². The van der Waals surface area contributed by atoms with E-state index >= 15 is 0 Å². The van der Waals surface area contributed by atoms with Crippen LogP contribution >= 0.6 is 0 Å². The molecule has 0 bridgehead atoms. The van der Waals surface area contributed by atoms with Crippen LogP contribution in [0.1, 0.15) is 62.9 Å². The number of nitrogens with zero attached hydrogens (tertiary/aromatic N) is 1. The second-order valence-electron chi connectivity index (χ2n) is 5.92. The first-order valence-corrected chi connectivity index (χ1v) is 7.90. The minimum atomic E-state index is 0.0162. The molecular formula is C16H27N3O. The Bertz CT molecular complexity index is 445. The molecule has 0 spiro atoms. The number of aromatic nitrogens is 1. The Morgan fingerprint density at radius 2 is 2.05 bits per heavy atom. The van der Waals surface area contributed by atoms with Gasteiger partial charge in [-0.05, 0) is 44.6 Å². The number of amides is 1. The van der Waals surface area contributed by atoms with Crippen molar-refractivity contribution in [1.82, 2.24) is 9.88 Å². The maximum atomic E-state index is 12.3. The lowest BCUT2D eigenvalue weighted by atomic mass is 9.83. The van der Waals surface area contributed by atoms with Crippen LogP contribution in [0.4, 0.5) is 5.69 Å². The third kappa shape index (κ3) is 3.56. The number of hydrogen-bond acceptors (Lipinski definition) is 2. The third-order valence-electron chi connectivity index (χ3n) is 4.37. The number of carbonyl (C=O) groups excluding carboxylic acids is 1. The molecule has 1 aromatic rings. The standard InChI is InChI=1S/C16H27N3O/c1-3-5-12-6-8-14(9-7-12)18-16(20)15-10-13(17)11-19(15)4-2/h10-12,14H,3-9,17H2,1-2H3,(H,18,20). The van der Waals surface area contributed by atoms with Crippen molar-refractivity contribution in [3.8, 4) is 0 Å². The largest absolute Gasteiger partial charge is 0.397 e. The molecule has 1 aromatic heterocycles. The van der Waals surface area contributed by atoms with Gasteiger partial charge >= 0.3 is 0 Å². The molecule has 0 aliphatic heterocycles. The molecule has 0 saturated heterocycles. The second-order valence-corrected chi connectivity index (χ2v) is 5.92. The summed E-state index contributed by atoms with van der Waals surface area (Å²) in [4.78, 5) is 12.3. The van der Waals surface area contributed by atoms with E-state index in [0.717, 1.165) is 25.3 Å². The van der Waals surface area contributed by atoms with Crippen LogP contribution in [0.3, 0.4) is 0 Å². The van der Waals surface area contributed by atoms with Gasteiger partial charge in [-0.3, -0.25) is 4.79 Å². The maximum Gasteiger partial charge on any atom is 0.268 e. The highest BCUT2D eigenvalue weighted by Gasteiger charge is 2.23.